The van der Waals surface area contributed by atoms with Gasteiger partial charge in [-0.05, 0) is 31.0 Å². The Bertz CT molecular complexity index is 908. The zero-order chi connectivity index (χ0) is 21.1. The molecule has 0 spiro atoms. The number of aryl methyl sites for hydroxylation is 2. The molecule has 2 aromatic rings. The third-order valence-corrected chi connectivity index (χ3v) is 5.34. The summed E-state index contributed by atoms with van der Waals surface area (Å²) in [4.78, 5) is 21.9. The van der Waals surface area contributed by atoms with E-state index in [0.717, 1.165) is 17.0 Å². The lowest BCUT2D eigenvalue weighted by Crippen LogP contribution is -2.33. The second-order valence-corrected chi connectivity index (χ2v) is 7.28. The Morgan fingerprint density at radius 1 is 1.28 bits per heavy atom. The molecule has 0 bridgehead atoms. The van der Waals surface area contributed by atoms with Gasteiger partial charge >= 0.3 is 6.09 Å². The predicted octanol–water partition coefficient (Wildman–Crippen LogP) is 3.07. The number of aromatic nitrogens is 2. The van der Waals surface area contributed by atoms with Crippen LogP contribution in [0.3, 0.4) is 0 Å². The summed E-state index contributed by atoms with van der Waals surface area (Å²) in [5.41, 5.74) is 2.97. The molecule has 0 radical (unpaired) electrons. The van der Waals surface area contributed by atoms with Crippen LogP contribution in [0, 0.1) is 0 Å². The molecule has 1 aliphatic heterocycles. The number of rotatable bonds is 6. The molecule has 29 heavy (non-hydrogen) atoms. The maximum atomic E-state index is 11.2. The average Bonchev–Trinajstić information content (AvgIpc) is 3.08. The minimum atomic E-state index is -1.05. The number of nitrogens with one attached hydrogen (secondary N) is 1. The van der Waals surface area contributed by atoms with E-state index < -0.39 is 18.2 Å². The monoisotopic (exact) mass is 420 g/mol. The molecule has 1 aromatic carbocycles. The van der Waals surface area contributed by atoms with Crippen molar-refractivity contribution in [3.8, 4) is 17.0 Å². The van der Waals surface area contributed by atoms with E-state index in [1.54, 1.807) is 13.2 Å². The maximum Gasteiger partial charge on any atom is 0.407 e. The van der Waals surface area contributed by atoms with Crippen LogP contribution in [0.1, 0.15) is 25.2 Å². The Hall–Kier alpha value is -2.58. The third kappa shape index (κ3) is 4.38. The molecule has 3 rings (SSSR count). The number of ether oxygens (including phenoxy) is 1. The standard InChI is InChI=1S/C20H25ClN4O4/c1-4-14-18(12-7-6-11(29-3)8-13(12)21)22-15(5-2)19(23-14)24-16-9-25(20(27)28)10-17(16)26/h6-8,16-17,26H,4-5,9-10H2,1-3H3,(H,23,24)(H,27,28)/t16-,17+/m1/s1. The van der Waals surface area contributed by atoms with Gasteiger partial charge in [-0.1, -0.05) is 25.4 Å². The van der Waals surface area contributed by atoms with Crippen LogP contribution in [-0.2, 0) is 12.8 Å². The van der Waals surface area contributed by atoms with E-state index in [-0.39, 0.29) is 13.1 Å². The topological polar surface area (TPSA) is 108 Å². The van der Waals surface area contributed by atoms with Crippen LogP contribution in [0.4, 0.5) is 10.6 Å². The van der Waals surface area contributed by atoms with Gasteiger partial charge in [0.2, 0.25) is 0 Å². The number of aliphatic hydroxyl groups is 1. The van der Waals surface area contributed by atoms with Gasteiger partial charge in [-0.3, -0.25) is 0 Å². The van der Waals surface area contributed by atoms with Gasteiger partial charge in [0, 0.05) is 12.1 Å². The molecule has 0 aliphatic carbocycles. The second kappa shape index (κ2) is 8.84. The van der Waals surface area contributed by atoms with Gasteiger partial charge < -0.3 is 25.2 Å². The minimum absolute atomic E-state index is 0.0715. The van der Waals surface area contributed by atoms with Crippen LogP contribution in [0.15, 0.2) is 18.2 Å². The highest BCUT2D eigenvalue weighted by Gasteiger charge is 2.34. The Kier molecular flexibility index (Phi) is 6.44. The Morgan fingerprint density at radius 3 is 2.55 bits per heavy atom. The molecule has 1 aliphatic rings. The van der Waals surface area contributed by atoms with Crippen LogP contribution < -0.4 is 10.1 Å². The molecular formula is C20H25ClN4O4. The normalized spacial score (nSPS) is 18.7. The second-order valence-electron chi connectivity index (χ2n) is 6.87. The van der Waals surface area contributed by atoms with Crippen LogP contribution in [-0.4, -0.2) is 63.5 Å². The third-order valence-electron chi connectivity index (χ3n) is 5.02. The number of hydrogen-bond acceptors (Lipinski definition) is 6. The summed E-state index contributed by atoms with van der Waals surface area (Å²) in [7, 11) is 1.58. The van der Waals surface area contributed by atoms with Crippen molar-refractivity contribution in [1.29, 1.82) is 0 Å². The number of halogens is 1. The van der Waals surface area contributed by atoms with Gasteiger partial charge in [0.05, 0.1) is 47.9 Å². The van der Waals surface area contributed by atoms with E-state index in [1.165, 1.54) is 4.90 Å². The first-order chi connectivity index (χ1) is 13.9. The highest BCUT2D eigenvalue weighted by molar-refractivity contribution is 6.33. The molecule has 0 unspecified atom stereocenters. The van der Waals surface area contributed by atoms with Gasteiger partial charge in [0.1, 0.15) is 11.6 Å². The number of β-amino-alcohol motifs (C(OH)–C–C–N with tert-alkyl or cyclic N) is 1. The van der Waals surface area contributed by atoms with Gasteiger partial charge in [0.25, 0.3) is 0 Å². The van der Waals surface area contributed by atoms with Gasteiger partial charge in [-0.15, -0.1) is 0 Å². The molecule has 1 aromatic heterocycles. The van der Waals surface area contributed by atoms with Crippen molar-refractivity contribution in [2.45, 2.75) is 38.8 Å². The molecule has 9 heteroatoms. The molecule has 0 saturated carbocycles. The zero-order valence-electron chi connectivity index (χ0n) is 16.6. The number of carbonyl (C=O) groups is 1. The smallest absolute Gasteiger partial charge is 0.407 e. The predicted molar refractivity (Wildman–Crippen MR) is 111 cm³/mol. The van der Waals surface area contributed by atoms with Crippen molar-refractivity contribution < 1.29 is 19.7 Å². The maximum absolute atomic E-state index is 11.2. The lowest BCUT2D eigenvalue weighted by atomic mass is 10.1. The van der Waals surface area contributed by atoms with Crippen molar-refractivity contribution in [2.75, 3.05) is 25.5 Å². The molecule has 1 fully saturated rings. The van der Waals surface area contributed by atoms with Crippen LogP contribution in [0.25, 0.3) is 11.3 Å². The SMILES string of the molecule is CCc1nc(-c2ccc(OC)cc2Cl)c(CC)nc1N[C@@H]1CN(C(=O)O)C[C@@H]1O. The average molecular weight is 421 g/mol. The lowest BCUT2D eigenvalue weighted by Gasteiger charge is -2.20. The van der Waals surface area contributed by atoms with Crippen molar-refractivity contribution in [2.24, 2.45) is 0 Å². The van der Waals surface area contributed by atoms with Gasteiger partial charge in [0.15, 0.2) is 0 Å². The first kappa shape index (κ1) is 21.1. The summed E-state index contributed by atoms with van der Waals surface area (Å²) >= 11 is 6.45. The van der Waals surface area contributed by atoms with Crippen molar-refractivity contribution in [1.82, 2.24) is 14.9 Å². The molecule has 1 saturated heterocycles. The van der Waals surface area contributed by atoms with Crippen LogP contribution in [0.2, 0.25) is 5.02 Å². The van der Waals surface area contributed by atoms with E-state index in [2.05, 4.69) is 5.32 Å². The quantitative estimate of drug-likeness (QED) is 0.659. The fourth-order valence-electron chi connectivity index (χ4n) is 3.40. The van der Waals surface area contributed by atoms with E-state index in [4.69, 9.17) is 31.4 Å². The molecule has 1 amide bonds. The lowest BCUT2D eigenvalue weighted by molar-refractivity contribution is 0.139. The summed E-state index contributed by atoms with van der Waals surface area (Å²) in [5, 5.41) is 23.1. The number of amides is 1. The summed E-state index contributed by atoms with van der Waals surface area (Å²) < 4.78 is 5.22. The number of benzene rings is 1. The molecular weight excluding hydrogens is 396 g/mol. The zero-order valence-corrected chi connectivity index (χ0v) is 17.4. The van der Waals surface area contributed by atoms with Gasteiger partial charge in [-0.25, -0.2) is 14.8 Å². The van der Waals surface area contributed by atoms with E-state index in [9.17, 15) is 9.90 Å². The van der Waals surface area contributed by atoms with E-state index >= 15 is 0 Å². The highest BCUT2D eigenvalue weighted by atomic mass is 35.5. The van der Waals surface area contributed by atoms with E-state index in [1.807, 2.05) is 26.0 Å². The fourth-order valence-corrected chi connectivity index (χ4v) is 3.66. The van der Waals surface area contributed by atoms with Crippen molar-refractivity contribution >= 4 is 23.5 Å². The first-order valence-corrected chi connectivity index (χ1v) is 9.91. The highest BCUT2D eigenvalue weighted by Crippen LogP contribution is 2.33. The minimum Gasteiger partial charge on any atom is -0.497 e. The Labute approximate surface area is 174 Å². The number of anilines is 1. The van der Waals surface area contributed by atoms with Crippen LogP contribution in [0.5, 0.6) is 5.75 Å². The fraction of sp³-hybridized carbons (Fsp3) is 0.450. The number of likely N-dealkylation sites (tertiary alicyclic amines) is 1. The number of nitrogens with zero attached hydrogens (tertiary/aromatic N) is 3. The molecule has 156 valence electrons. The summed E-state index contributed by atoms with van der Waals surface area (Å²) in [6.07, 6.45) is -0.601. The van der Waals surface area contributed by atoms with Gasteiger partial charge in [-0.2, -0.15) is 0 Å². The molecule has 8 nitrogen and oxygen atoms in total. The number of carboxylic acid groups (broad SMARTS) is 1. The number of methoxy groups -OCH3 is 1. The van der Waals surface area contributed by atoms with Crippen molar-refractivity contribution in [3.05, 3.63) is 34.6 Å². The van der Waals surface area contributed by atoms with Crippen LogP contribution >= 0.6 is 11.6 Å². The number of hydrogen-bond donors (Lipinski definition) is 3. The molecule has 2 atom stereocenters. The van der Waals surface area contributed by atoms with Crippen molar-refractivity contribution in [3.63, 3.8) is 0 Å². The summed E-state index contributed by atoms with van der Waals surface area (Å²) in [6, 6.07) is 4.99. The molecule has 2 heterocycles. The first-order valence-electron chi connectivity index (χ1n) is 9.54. The summed E-state index contributed by atoms with van der Waals surface area (Å²) in [6.45, 7) is 4.21. The Morgan fingerprint density at radius 2 is 2.00 bits per heavy atom. The summed E-state index contributed by atoms with van der Waals surface area (Å²) in [5.74, 6) is 1.23. The van der Waals surface area contributed by atoms with E-state index in [0.29, 0.717) is 35.1 Å². The molecule has 3 N–H and O–H groups in total. The Balaban J connectivity index is 1.96. The largest absolute Gasteiger partial charge is 0.497 e. The number of aliphatic hydroxyl groups excluding tert-OH is 1.